The number of ether oxygens (including phenoxy) is 3. The lowest BCUT2D eigenvalue weighted by Crippen LogP contribution is -2.52. The zero-order valence-electron chi connectivity index (χ0n) is 28.6. The maximum atomic E-state index is 13.3. The Bertz CT molecular complexity index is 1670. The number of ketones is 1. The van der Waals surface area contributed by atoms with E-state index in [9.17, 15) is 27.6 Å². The van der Waals surface area contributed by atoms with Gasteiger partial charge in [-0.25, -0.2) is 9.78 Å². The van der Waals surface area contributed by atoms with Crippen LogP contribution in [0.3, 0.4) is 0 Å². The number of H-pyrrole nitrogens is 1. The average Bonchev–Trinajstić information content (AvgIpc) is 3.97. The smallest absolute Gasteiger partial charge is 0.446 e. The summed E-state index contributed by atoms with van der Waals surface area (Å²) in [7, 11) is 1.63. The number of carbonyl (C=O) groups excluding carboxylic acids is 2. The molecule has 5 fully saturated rings. The Morgan fingerprint density at radius 3 is 2.65 bits per heavy atom. The van der Waals surface area contributed by atoms with Gasteiger partial charge < -0.3 is 24.5 Å². The number of carbonyl (C=O) groups is 2. The number of aromatic amines is 1. The predicted octanol–water partition coefficient (Wildman–Crippen LogP) is 5.97. The highest BCUT2D eigenvalue weighted by atomic mass is 19.4. The lowest BCUT2D eigenvalue weighted by atomic mass is 9.87. The van der Waals surface area contributed by atoms with E-state index < -0.39 is 30.0 Å². The lowest BCUT2D eigenvalue weighted by Gasteiger charge is -2.34. The minimum absolute atomic E-state index is 0.0290. The molecule has 4 saturated carbocycles. The third-order valence-corrected chi connectivity index (χ3v) is 12.5. The highest BCUT2D eigenvalue weighted by molar-refractivity contribution is 5.87. The molecule has 0 bridgehead atoms. The van der Waals surface area contributed by atoms with E-state index in [-0.39, 0.29) is 46.7 Å². The molecule has 2 aromatic rings. The number of rotatable bonds is 13. The largest absolute Gasteiger partial charge is 0.573 e. The van der Waals surface area contributed by atoms with Crippen molar-refractivity contribution in [1.29, 1.82) is 0 Å². The number of aryl methyl sites for hydroxylation is 1. The maximum absolute atomic E-state index is 13.3. The molecule has 2 N–H and O–H groups in total. The number of unbranched alkanes of at least 4 members (excludes halogenated alkanes) is 1. The second kappa shape index (κ2) is 12.5. The Kier molecular flexibility index (Phi) is 8.77. The Balaban J connectivity index is 0.897. The SMILES string of the molecule is COC(CNC(=O)OC1CC2CC2C12CC2CCCCc1nc2ccc(OC(F)(F)F)cc2[nH]c1=O)N1CCC2(C[C@H]2C)[C@H]1C(=O)C(C)C. The van der Waals surface area contributed by atoms with Crippen LogP contribution in [0.1, 0.15) is 77.8 Å². The van der Waals surface area contributed by atoms with Gasteiger partial charge in [-0.15, -0.1) is 13.2 Å². The number of Topliss-reactive ketones (excluding diaryl/α,β-unsaturated/α-hetero) is 1. The molecule has 1 aliphatic heterocycles. The van der Waals surface area contributed by atoms with Crippen molar-refractivity contribution < 1.29 is 37.0 Å². The number of halogens is 3. The van der Waals surface area contributed by atoms with Gasteiger partial charge in [-0.1, -0.05) is 27.2 Å². The quantitative estimate of drug-likeness (QED) is 0.247. The van der Waals surface area contributed by atoms with Gasteiger partial charge in [-0.3, -0.25) is 14.5 Å². The Labute approximate surface area is 283 Å². The van der Waals surface area contributed by atoms with Crippen LogP contribution in [0.5, 0.6) is 5.75 Å². The van der Waals surface area contributed by atoms with Gasteiger partial charge in [-0.05, 0) is 92.6 Å². The summed E-state index contributed by atoms with van der Waals surface area (Å²) in [5.74, 6) is 1.95. The van der Waals surface area contributed by atoms with Gasteiger partial charge in [0.15, 0.2) is 5.78 Å². The summed E-state index contributed by atoms with van der Waals surface area (Å²) in [5, 5.41) is 2.96. The van der Waals surface area contributed by atoms with E-state index >= 15 is 0 Å². The molecule has 0 radical (unpaired) electrons. The van der Waals surface area contributed by atoms with E-state index in [1.165, 1.54) is 18.6 Å². The summed E-state index contributed by atoms with van der Waals surface area (Å²) in [4.78, 5) is 48.2. The molecule has 7 rings (SSSR count). The van der Waals surface area contributed by atoms with Crippen LogP contribution in [0.25, 0.3) is 11.0 Å². The first-order valence-corrected chi connectivity index (χ1v) is 17.8. The maximum Gasteiger partial charge on any atom is 0.573 e. The fraction of sp³-hybridized carbons (Fsp3) is 0.722. The highest BCUT2D eigenvalue weighted by Crippen LogP contribution is 2.77. The lowest BCUT2D eigenvalue weighted by molar-refractivity contribution is -0.274. The first-order valence-electron chi connectivity index (χ1n) is 17.8. The third kappa shape index (κ3) is 6.45. The second-order valence-electron chi connectivity index (χ2n) is 15.6. The van der Waals surface area contributed by atoms with Crippen molar-refractivity contribution in [3.05, 3.63) is 34.2 Å². The van der Waals surface area contributed by atoms with E-state index in [4.69, 9.17) is 9.47 Å². The number of amides is 1. The summed E-state index contributed by atoms with van der Waals surface area (Å²) < 4.78 is 53.6. The normalized spacial score (nSPS) is 33.6. The van der Waals surface area contributed by atoms with Crippen molar-refractivity contribution in [2.75, 3.05) is 20.2 Å². The Hall–Kier alpha value is -3.19. The van der Waals surface area contributed by atoms with E-state index in [0.29, 0.717) is 41.3 Å². The van der Waals surface area contributed by atoms with Crippen molar-refractivity contribution in [3.8, 4) is 5.75 Å². The predicted molar refractivity (Wildman–Crippen MR) is 174 cm³/mol. The third-order valence-electron chi connectivity index (χ3n) is 12.5. The fourth-order valence-corrected chi connectivity index (χ4v) is 9.72. The Morgan fingerprint density at radius 1 is 1.18 bits per heavy atom. The van der Waals surface area contributed by atoms with Crippen molar-refractivity contribution in [2.45, 2.75) is 103 Å². The van der Waals surface area contributed by atoms with Gasteiger partial charge in [0, 0.05) is 31.1 Å². The Morgan fingerprint density at radius 2 is 1.96 bits per heavy atom. The van der Waals surface area contributed by atoms with Crippen LogP contribution in [-0.4, -0.2) is 71.7 Å². The molecule has 13 heteroatoms. The minimum Gasteiger partial charge on any atom is -0.446 e. The van der Waals surface area contributed by atoms with Crippen molar-refractivity contribution in [2.24, 2.45) is 40.4 Å². The van der Waals surface area contributed by atoms with Gasteiger partial charge in [0.05, 0.1) is 23.6 Å². The summed E-state index contributed by atoms with van der Waals surface area (Å²) in [6, 6.07) is 3.52. The van der Waals surface area contributed by atoms with Crippen LogP contribution in [0.15, 0.2) is 23.0 Å². The molecule has 268 valence electrons. The van der Waals surface area contributed by atoms with Crippen molar-refractivity contribution in [1.82, 2.24) is 20.2 Å². The number of aromatic nitrogens is 2. The molecule has 9 atom stereocenters. The monoisotopic (exact) mass is 688 g/mol. The summed E-state index contributed by atoms with van der Waals surface area (Å²) in [5.41, 5.74) is 0.591. The van der Waals surface area contributed by atoms with Crippen LogP contribution >= 0.6 is 0 Å². The molecule has 4 aliphatic carbocycles. The summed E-state index contributed by atoms with van der Waals surface area (Å²) in [6.07, 6.45) is 2.45. The molecular formula is C36H47F3N4O6. The highest BCUT2D eigenvalue weighted by Gasteiger charge is 2.74. The zero-order valence-corrected chi connectivity index (χ0v) is 28.6. The number of likely N-dealkylation sites (tertiary alicyclic amines) is 1. The molecule has 1 saturated heterocycles. The number of nitrogens with zero attached hydrogens (tertiary/aromatic N) is 2. The van der Waals surface area contributed by atoms with Crippen LogP contribution < -0.4 is 15.6 Å². The van der Waals surface area contributed by atoms with Crippen LogP contribution in [-0.2, 0) is 20.7 Å². The molecule has 2 spiro atoms. The number of methoxy groups -OCH3 is 1. The molecular weight excluding hydrogens is 641 g/mol. The van der Waals surface area contributed by atoms with E-state index in [1.807, 2.05) is 13.8 Å². The number of benzene rings is 1. The van der Waals surface area contributed by atoms with Crippen molar-refractivity contribution in [3.63, 3.8) is 0 Å². The number of fused-ring (bicyclic) bond motifs is 3. The topological polar surface area (TPSA) is 123 Å². The summed E-state index contributed by atoms with van der Waals surface area (Å²) >= 11 is 0. The first-order chi connectivity index (χ1) is 23.3. The molecule has 49 heavy (non-hydrogen) atoms. The second-order valence-corrected chi connectivity index (χ2v) is 15.6. The van der Waals surface area contributed by atoms with Gasteiger partial charge in [-0.2, -0.15) is 0 Å². The van der Waals surface area contributed by atoms with E-state index in [0.717, 1.165) is 57.6 Å². The fourth-order valence-electron chi connectivity index (χ4n) is 9.72. The molecule has 5 aliphatic rings. The minimum atomic E-state index is -4.82. The molecule has 7 unspecified atom stereocenters. The van der Waals surface area contributed by atoms with Crippen molar-refractivity contribution >= 4 is 22.9 Å². The van der Waals surface area contributed by atoms with Crippen LogP contribution in [0, 0.1) is 40.4 Å². The first kappa shape index (κ1) is 34.3. The number of hydrogen-bond donors (Lipinski definition) is 2. The molecule has 1 amide bonds. The van der Waals surface area contributed by atoms with Gasteiger partial charge in [0.2, 0.25) is 0 Å². The number of nitrogens with one attached hydrogen (secondary N) is 2. The molecule has 1 aromatic heterocycles. The van der Waals surface area contributed by atoms with Gasteiger partial charge in [0.1, 0.15) is 23.8 Å². The number of alkyl halides is 3. The van der Waals surface area contributed by atoms with Gasteiger partial charge in [0.25, 0.3) is 5.56 Å². The standard InChI is InChI=1S/C36H47F3N4O6/c1-19(2)30(44)31-34(16-20(34)3)11-12-43(31)29(47-4)18-40-33(46)48-28-14-21-13-24(21)35(28)17-22(35)7-5-6-8-26-32(45)42-27-15-23(49-36(37,38)39)9-10-25(27)41-26/h9-10,15,19-22,24,28-29,31H,5-8,11-14,16-18H2,1-4H3,(H,40,46)(H,42,45)/t20-,21?,22?,24?,28?,29?,31-,34?,35?/m1/s1. The molecule has 2 heterocycles. The summed E-state index contributed by atoms with van der Waals surface area (Å²) in [6.45, 7) is 7.15. The van der Waals surface area contributed by atoms with Crippen LogP contribution in [0.2, 0.25) is 0 Å². The van der Waals surface area contributed by atoms with E-state index in [1.54, 1.807) is 7.11 Å². The number of alkyl carbamates (subject to hydrolysis) is 1. The molecule has 1 aromatic carbocycles. The average molecular weight is 689 g/mol. The molecule has 10 nitrogen and oxygen atoms in total. The zero-order chi connectivity index (χ0) is 34.9. The number of hydrogen-bond acceptors (Lipinski definition) is 8. The van der Waals surface area contributed by atoms with Gasteiger partial charge >= 0.3 is 12.5 Å². The van der Waals surface area contributed by atoms with E-state index in [2.05, 4.69) is 31.8 Å². The van der Waals surface area contributed by atoms with Crippen LogP contribution in [0.4, 0.5) is 18.0 Å².